The quantitative estimate of drug-likeness (QED) is 0.512. The smallest absolute Gasteiger partial charge is 0.0447 e. The van der Waals surface area contributed by atoms with Crippen LogP contribution in [0.4, 0.5) is 0 Å². The van der Waals surface area contributed by atoms with Gasteiger partial charge in [-0.05, 0) is 24.2 Å². The minimum atomic E-state index is 1.41. The second-order valence-electron chi connectivity index (χ2n) is 1.56. The van der Waals surface area contributed by atoms with Gasteiger partial charge in [-0.25, -0.2) is 0 Å². The van der Waals surface area contributed by atoms with E-state index in [0.29, 0.717) is 0 Å². The predicted octanol–water partition coefficient (Wildman–Crippen LogP) is 3.19. The predicted molar refractivity (Wildman–Crippen MR) is 42.7 cm³/mol. The molecule has 1 aliphatic heterocycles. The van der Waals surface area contributed by atoms with Gasteiger partial charge in [0.15, 0.2) is 0 Å². The van der Waals surface area contributed by atoms with E-state index in [1.54, 1.807) is 0 Å². The van der Waals surface area contributed by atoms with E-state index in [4.69, 9.17) is 0 Å². The molecule has 0 radical (unpaired) electrons. The molecule has 0 nitrogen and oxygen atoms in total. The summed E-state index contributed by atoms with van der Waals surface area (Å²) in [6, 6.07) is 0. The lowest BCUT2D eigenvalue weighted by Crippen LogP contribution is -1.54. The van der Waals surface area contributed by atoms with Gasteiger partial charge < -0.3 is 0 Å². The van der Waals surface area contributed by atoms with Crippen molar-refractivity contribution < 1.29 is 0 Å². The Balaban J connectivity index is 2.56. The maximum Gasteiger partial charge on any atom is 0.0447 e. The third-order valence-electron chi connectivity index (χ3n) is 0.838. The Morgan fingerprint density at radius 3 is 2.62 bits per heavy atom. The van der Waals surface area contributed by atoms with Gasteiger partial charge in [-0.15, -0.1) is 0 Å². The molecule has 0 saturated carbocycles. The first-order valence-corrected chi connectivity index (χ1v) is 4.20. The molecule has 0 unspecified atom stereocenters. The van der Waals surface area contributed by atoms with Crippen LogP contribution < -0.4 is 0 Å². The van der Waals surface area contributed by atoms with Gasteiger partial charge in [0, 0.05) is 4.24 Å². The minimum absolute atomic E-state index is 1.41. The number of hydrogen-bond donors (Lipinski definition) is 0. The summed E-state index contributed by atoms with van der Waals surface area (Å²) >= 11 is 3.66. The lowest BCUT2D eigenvalue weighted by molar-refractivity contribution is 1.73. The molecular formula is C6H8S2. The first kappa shape index (κ1) is 6.30. The van der Waals surface area contributed by atoms with Crippen LogP contribution in [0.5, 0.6) is 0 Å². The van der Waals surface area contributed by atoms with Crippen LogP contribution in [-0.4, -0.2) is 0 Å². The highest BCUT2D eigenvalue weighted by atomic mass is 32.2. The van der Waals surface area contributed by atoms with Crippen molar-refractivity contribution in [2.75, 3.05) is 0 Å². The SMILES string of the molecule is C/C=C1/SC=C(C)S1. The molecule has 0 aromatic rings. The molecule has 2 heteroatoms. The van der Waals surface area contributed by atoms with Crippen molar-refractivity contribution in [1.82, 2.24) is 0 Å². The highest BCUT2D eigenvalue weighted by Gasteiger charge is 2.04. The highest BCUT2D eigenvalue weighted by Crippen LogP contribution is 2.42. The van der Waals surface area contributed by atoms with Crippen LogP contribution in [0.1, 0.15) is 13.8 Å². The summed E-state index contributed by atoms with van der Waals surface area (Å²) < 4.78 is 1.41. The van der Waals surface area contributed by atoms with Crippen LogP contribution in [0.25, 0.3) is 0 Å². The highest BCUT2D eigenvalue weighted by molar-refractivity contribution is 8.27. The summed E-state index contributed by atoms with van der Waals surface area (Å²) in [5.41, 5.74) is 0. The van der Waals surface area contributed by atoms with E-state index < -0.39 is 0 Å². The molecule has 1 rings (SSSR count). The summed E-state index contributed by atoms with van der Waals surface area (Å²) in [6.45, 7) is 4.20. The van der Waals surface area contributed by atoms with Gasteiger partial charge in [0.1, 0.15) is 0 Å². The van der Waals surface area contributed by atoms with E-state index in [0.717, 1.165) is 0 Å². The van der Waals surface area contributed by atoms with Crippen molar-refractivity contribution in [3.63, 3.8) is 0 Å². The molecule has 0 atom stereocenters. The van der Waals surface area contributed by atoms with E-state index in [1.165, 1.54) is 9.14 Å². The van der Waals surface area contributed by atoms with E-state index in [2.05, 4.69) is 25.3 Å². The van der Waals surface area contributed by atoms with Gasteiger partial charge >= 0.3 is 0 Å². The fourth-order valence-electron chi connectivity index (χ4n) is 0.475. The monoisotopic (exact) mass is 144 g/mol. The topological polar surface area (TPSA) is 0 Å². The third-order valence-corrected chi connectivity index (χ3v) is 3.34. The Hall–Kier alpha value is 0.180. The van der Waals surface area contributed by atoms with Crippen molar-refractivity contribution in [3.05, 3.63) is 20.6 Å². The first-order valence-electron chi connectivity index (χ1n) is 2.50. The normalized spacial score (nSPS) is 24.2. The molecular weight excluding hydrogens is 136 g/mol. The summed E-state index contributed by atoms with van der Waals surface area (Å²) in [7, 11) is 0. The van der Waals surface area contributed by atoms with Gasteiger partial charge in [-0.2, -0.15) is 0 Å². The number of thioether (sulfide) groups is 2. The number of allylic oxidation sites excluding steroid dienone is 2. The van der Waals surface area contributed by atoms with Crippen LogP contribution in [0.3, 0.4) is 0 Å². The maximum atomic E-state index is 2.18. The molecule has 0 aromatic carbocycles. The van der Waals surface area contributed by atoms with Gasteiger partial charge in [-0.1, -0.05) is 29.6 Å². The van der Waals surface area contributed by atoms with E-state index >= 15 is 0 Å². The molecule has 44 valence electrons. The Kier molecular flexibility index (Phi) is 2.08. The lowest BCUT2D eigenvalue weighted by atomic mass is 10.8. The van der Waals surface area contributed by atoms with Crippen molar-refractivity contribution in [3.8, 4) is 0 Å². The third kappa shape index (κ3) is 1.33. The second-order valence-corrected chi connectivity index (χ2v) is 4.01. The van der Waals surface area contributed by atoms with Gasteiger partial charge in [-0.3, -0.25) is 0 Å². The van der Waals surface area contributed by atoms with Crippen molar-refractivity contribution in [2.45, 2.75) is 13.8 Å². The average molecular weight is 144 g/mol. The molecule has 0 bridgehead atoms. The summed E-state index contributed by atoms with van der Waals surface area (Å²) in [4.78, 5) is 1.41. The Morgan fingerprint density at radius 1 is 1.62 bits per heavy atom. The zero-order valence-electron chi connectivity index (χ0n) is 4.97. The van der Waals surface area contributed by atoms with Crippen molar-refractivity contribution >= 4 is 23.5 Å². The van der Waals surface area contributed by atoms with Crippen LogP contribution in [0.15, 0.2) is 20.6 Å². The summed E-state index contributed by atoms with van der Waals surface area (Å²) in [5, 5.41) is 2.18. The minimum Gasteiger partial charge on any atom is -0.0902 e. The maximum absolute atomic E-state index is 2.18. The fraction of sp³-hybridized carbons (Fsp3) is 0.333. The molecule has 8 heavy (non-hydrogen) atoms. The molecule has 0 amide bonds. The zero-order valence-corrected chi connectivity index (χ0v) is 6.60. The Bertz CT molecular complexity index is 145. The number of hydrogen-bond acceptors (Lipinski definition) is 2. The Morgan fingerprint density at radius 2 is 2.38 bits per heavy atom. The van der Waals surface area contributed by atoms with Crippen LogP contribution >= 0.6 is 23.5 Å². The van der Waals surface area contributed by atoms with Gasteiger partial charge in [0.25, 0.3) is 0 Å². The van der Waals surface area contributed by atoms with E-state index in [1.807, 2.05) is 23.5 Å². The fourth-order valence-corrected chi connectivity index (χ4v) is 2.40. The van der Waals surface area contributed by atoms with Crippen LogP contribution in [0.2, 0.25) is 0 Å². The average Bonchev–Trinajstić information content (AvgIpc) is 2.14. The standard InChI is InChI=1S/C6H8S2/c1-3-6-7-4-5(2)8-6/h3-4H,1-2H3/b6-3-. The van der Waals surface area contributed by atoms with Gasteiger partial charge in [0.2, 0.25) is 0 Å². The lowest BCUT2D eigenvalue weighted by Gasteiger charge is -1.88. The zero-order chi connectivity index (χ0) is 5.98. The largest absolute Gasteiger partial charge is 0.0902 e. The first-order chi connectivity index (χ1) is 3.83. The molecule has 1 heterocycles. The molecule has 0 spiro atoms. The van der Waals surface area contributed by atoms with Crippen LogP contribution in [-0.2, 0) is 0 Å². The summed E-state index contributed by atoms with van der Waals surface area (Å²) in [5.74, 6) is 0. The number of rotatable bonds is 0. The molecule has 0 saturated heterocycles. The molecule has 0 fully saturated rings. The van der Waals surface area contributed by atoms with Crippen molar-refractivity contribution in [2.24, 2.45) is 0 Å². The van der Waals surface area contributed by atoms with Crippen molar-refractivity contribution in [1.29, 1.82) is 0 Å². The van der Waals surface area contributed by atoms with Gasteiger partial charge in [0.05, 0.1) is 0 Å². The molecule has 1 aliphatic rings. The molecule has 0 aliphatic carbocycles. The van der Waals surface area contributed by atoms with E-state index in [9.17, 15) is 0 Å². The Labute approximate surface area is 58.4 Å². The molecule has 0 aromatic heterocycles. The van der Waals surface area contributed by atoms with E-state index in [-0.39, 0.29) is 0 Å². The second kappa shape index (κ2) is 2.65. The summed E-state index contributed by atoms with van der Waals surface area (Å²) in [6.07, 6.45) is 2.14. The molecule has 0 N–H and O–H groups in total. The van der Waals surface area contributed by atoms with Crippen LogP contribution in [0, 0.1) is 0 Å².